The van der Waals surface area contributed by atoms with Gasteiger partial charge in [0.05, 0.1) is 6.61 Å². The fourth-order valence-electron chi connectivity index (χ4n) is 6.62. The van der Waals surface area contributed by atoms with Crippen LogP contribution in [0.15, 0.2) is 0 Å². The van der Waals surface area contributed by atoms with Gasteiger partial charge in [-0.2, -0.15) is 8.42 Å². The lowest BCUT2D eigenvalue weighted by Gasteiger charge is -2.40. The van der Waals surface area contributed by atoms with Crippen molar-refractivity contribution >= 4 is 22.1 Å². The molecule has 1 aliphatic rings. The first-order valence-corrected chi connectivity index (χ1v) is 22.7. The number of hydrogen-bond acceptors (Lipinski definition) is 11. The van der Waals surface area contributed by atoms with Crippen molar-refractivity contribution in [3.05, 3.63) is 0 Å². The highest BCUT2D eigenvalue weighted by Crippen LogP contribution is 2.24. The lowest BCUT2D eigenvalue weighted by atomic mass is 10.00. The summed E-state index contributed by atoms with van der Waals surface area (Å²) in [6, 6.07) is 0. The van der Waals surface area contributed by atoms with Crippen LogP contribution in [-0.4, -0.2) is 96.0 Å². The number of aliphatic hydroxyl groups excluding tert-OH is 3. The molecule has 4 N–H and O–H groups in total. The molecule has 0 amide bonds. The topological polar surface area (TPSA) is 186 Å². The normalized spacial score (nSPS) is 21.1. The van der Waals surface area contributed by atoms with Gasteiger partial charge in [0.25, 0.3) is 10.1 Å². The van der Waals surface area contributed by atoms with Crippen molar-refractivity contribution in [1.82, 2.24) is 0 Å². The molecule has 0 aromatic carbocycles. The van der Waals surface area contributed by atoms with Crippen molar-refractivity contribution in [2.45, 2.75) is 224 Å². The summed E-state index contributed by atoms with van der Waals surface area (Å²) < 4.78 is 53.9. The summed E-state index contributed by atoms with van der Waals surface area (Å²) in [4.78, 5) is 25.3. The first kappa shape index (κ1) is 49.7. The van der Waals surface area contributed by atoms with Crippen molar-refractivity contribution < 1.29 is 56.8 Å². The molecule has 0 saturated carbocycles. The molecule has 2 unspecified atom stereocenters. The Morgan fingerprint density at radius 2 is 0.962 bits per heavy atom. The highest BCUT2D eigenvalue weighted by molar-refractivity contribution is 7.85. The van der Waals surface area contributed by atoms with Gasteiger partial charge in [-0.25, -0.2) is 0 Å². The quantitative estimate of drug-likeness (QED) is 0.0279. The third kappa shape index (κ3) is 27.0. The summed E-state index contributed by atoms with van der Waals surface area (Å²) in [5, 5.41) is 30.8. The van der Waals surface area contributed by atoms with Crippen LogP contribution in [0.2, 0.25) is 0 Å². The highest BCUT2D eigenvalue weighted by atomic mass is 32.2. The van der Waals surface area contributed by atoms with Gasteiger partial charge in [0.15, 0.2) is 12.4 Å². The molecular weight excluding hydrogens is 704 g/mol. The zero-order valence-electron chi connectivity index (χ0n) is 33.1. The number of esters is 2. The number of aliphatic hydroxyl groups is 3. The number of carbonyl (C=O) groups excluding carboxylic acids is 2. The fourth-order valence-corrected chi connectivity index (χ4v) is 7.31. The largest absolute Gasteiger partial charge is 0.462 e. The SMILES string of the molecule is CCCCCCCCCCCCCCCCC(=O)O[C@H](COC(=O)CCCCCCCCCCCCC)CO[C@H]1O[C@H](CS(=O)(=O)O)[C@@H](O)C(O)C1O. The molecule has 0 bridgehead atoms. The average Bonchev–Trinajstić information content (AvgIpc) is 3.12. The summed E-state index contributed by atoms with van der Waals surface area (Å²) >= 11 is 0. The Balaban J connectivity index is 2.48. The predicted octanol–water partition coefficient (Wildman–Crippen LogP) is 7.73. The van der Waals surface area contributed by atoms with Crippen LogP contribution in [0.3, 0.4) is 0 Å². The maximum absolute atomic E-state index is 12.8. The first-order chi connectivity index (χ1) is 25.5. The Labute approximate surface area is 321 Å². The third-order valence-electron chi connectivity index (χ3n) is 9.94. The van der Waals surface area contributed by atoms with Crippen LogP contribution in [0.1, 0.15) is 187 Å². The van der Waals surface area contributed by atoms with Crippen LogP contribution in [0, 0.1) is 0 Å². The van der Waals surface area contributed by atoms with Gasteiger partial charge in [-0.1, -0.05) is 162 Å². The van der Waals surface area contributed by atoms with E-state index < -0.39 is 71.2 Å². The zero-order valence-corrected chi connectivity index (χ0v) is 34.0. The van der Waals surface area contributed by atoms with E-state index in [9.17, 15) is 37.9 Å². The Bertz CT molecular complexity index is 1010. The van der Waals surface area contributed by atoms with Crippen molar-refractivity contribution in [2.75, 3.05) is 19.0 Å². The molecule has 0 aliphatic carbocycles. The van der Waals surface area contributed by atoms with Gasteiger partial charge in [-0.3, -0.25) is 14.1 Å². The molecule has 1 aliphatic heterocycles. The van der Waals surface area contributed by atoms with Gasteiger partial charge in [0.1, 0.15) is 36.8 Å². The third-order valence-corrected chi connectivity index (χ3v) is 10.7. The van der Waals surface area contributed by atoms with Crippen LogP contribution in [0.25, 0.3) is 0 Å². The molecule has 53 heavy (non-hydrogen) atoms. The lowest BCUT2D eigenvalue weighted by molar-refractivity contribution is -0.297. The molecule has 1 heterocycles. The monoisotopic (exact) mass is 781 g/mol. The molecule has 1 saturated heterocycles. The van der Waals surface area contributed by atoms with Gasteiger partial charge in [0.2, 0.25) is 0 Å². The zero-order chi connectivity index (χ0) is 39.2. The van der Waals surface area contributed by atoms with Crippen molar-refractivity contribution in [2.24, 2.45) is 0 Å². The smallest absolute Gasteiger partial charge is 0.306 e. The Morgan fingerprint density at radius 3 is 1.38 bits per heavy atom. The number of rotatable bonds is 35. The minimum absolute atomic E-state index is 0.172. The molecular formula is C40H76O12S. The summed E-state index contributed by atoms with van der Waals surface area (Å²) in [7, 11) is -4.59. The molecule has 12 nitrogen and oxygen atoms in total. The number of carbonyl (C=O) groups is 2. The minimum atomic E-state index is -4.59. The number of ether oxygens (including phenoxy) is 4. The van der Waals surface area contributed by atoms with E-state index in [-0.39, 0.29) is 19.4 Å². The molecule has 13 heteroatoms. The number of unbranched alkanes of at least 4 members (excludes halogenated alkanes) is 23. The maximum atomic E-state index is 12.8. The molecule has 314 valence electrons. The van der Waals surface area contributed by atoms with Crippen molar-refractivity contribution in [1.29, 1.82) is 0 Å². The first-order valence-electron chi connectivity index (χ1n) is 21.1. The van der Waals surface area contributed by atoms with E-state index in [2.05, 4.69) is 13.8 Å². The molecule has 1 rings (SSSR count). The van der Waals surface area contributed by atoms with Crippen molar-refractivity contribution in [3.63, 3.8) is 0 Å². The van der Waals surface area contributed by atoms with E-state index in [0.717, 1.165) is 38.5 Å². The van der Waals surface area contributed by atoms with Crippen molar-refractivity contribution in [3.8, 4) is 0 Å². The highest BCUT2D eigenvalue weighted by Gasteiger charge is 2.46. The summed E-state index contributed by atoms with van der Waals surface area (Å²) in [6.45, 7) is 3.75. The molecule has 1 fully saturated rings. The second kappa shape index (κ2) is 31.8. The van der Waals surface area contributed by atoms with Gasteiger partial charge >= 0.3 is 11.9 Å². The van der Waals surface area contributed by atoms with E-state index in [0.29, 0.717) is 12.8 Å². The van der Waals surface area contributed by atoms with Crippen LogP contribution >= 0.6 is 0 Å². The second-order valence-electron chi connectivity index (χ2n) is 15.0. The van der Waals surface area contributed by atoms with Crippen LogP contribution in [-0.2, 0) is 38.7 Å². The fraction of sp³-hybridized carbons (Fsp3) is 0.950. The average molecular weight is 781 g/mol. The van der Waals surface area contributed by atoms with Crippen LogP contribution in [0.4, 0.5) is 0 Å². The molecule has 0 spiro atoms. The summed E-state index contributed by atoms with van der Waals surface area (Å²) in [6.07, 6.45) is 20.1. The van der Waals surface area contributed by atoms with E-state index >= 15 is 0 Å². The minimum Gasteiger partial charge on any atom is -0.462 e. The molecule has 0 aromatic heterocycles. The Morgan fingerprint density at radius 1 is 0.566 bits per heavy atom. The Kier molecular flexibility index (Phi) is 29.8. The van der Waals surface area contributed by atoms with Gasteiger partial charge in [-0.15, -0.1) is 0 Å². The summed E-state index contributed by atoms with van der Waals surface area (Å²) in [5.74, 6) is -1.97. The summed E-state index contributed by atoms with van der Waals surface area (Å²) in [5.41, 5.74) is 0. The second-order valence-corrected chi connectivity index (χ2v) is 16.5. The lowest BCUT2D eigenvalue weighted by Crippen LogP contribution is -2.60. The van der Waals surface area contributed by atoms with E-state index in [1.807, 2.05) is 0 Å². The molecule has 6 atom stereocenters. The number of hydrogen-bond donors (Lipinski definition) is 4. The Hall–Kier alpha value is -1.35. The van der Waals surface area contributed by atoms with Crippen LogP contribution in [0.5, 0.6) is 0 Å². The molecule has 0 radical (unpaired) electrons. The van der Waals surface area contributed by atoms with E-state index in [4.69, 9.17) is 18.9 Å². The van der Waals surface area contributed by atoms with E-state index in [1.54, 1.807) is 0 Å². The van der Waals surface area contributed by atoms with Crippen LogP contribution < -0.4 is 0 Å². The van der Waals surface area contributed by atoms with E-state index in [1.165, 1.54) is 109 Å². The van der Waals surface area contributed by atoms with Gasteiger partial charge in [-0.05, 0) is 12.8 Å². The molecule has 0 aromatic rings. The van der Waals surface area contributed by atoms with Gasteiger partial charge < -0.3 is 34.3 Å². The standard InChI is InChI=1S/C40H76O12S/c1-3-5-7-9-11-13-15-16-17-19-21-23-25-27-29-36(42)51-33(30-49-35(41)28-26-24-22-20-18-14-12-10-8-6-4-2)31-50-40-39(45)38(44)37(43)34(52-40)32-53(46,47)48/h33-34,37-40,43-45H,3-32H2,1-2H3,(H,46,47,48)/t33-,34-,37-,38?,39?,40+/m1/s1. The van der Waals surface area contributed by atoms with Gasteiger partial charge in [0, 0.05) is 12.8 Å². The predicted molar refractivity (Wildman–Crippen MR) is 206 cm³/mol. The maximum Gasteiger partial charge on any atom is 0.306 e.